The van der Waals surface area contributed by atoms with E-state index in [0.717, 1.165) is 28.3 Å². The summed E-state index contributed by atoms with van der Waals surface area (Å²) in [6.07, 6.45) is 0. The highest BCUT2D eigenvalue weighted by molar-refractivity contribution is 7.99. The van der Waals surface area contributed by atoms with Crippen LogP contribution in [0.3, 0.4) is 0 Å². The highest BCUT2D eigenvalue weighted by atomic mass is 32.2. The number of carbonyl (C=O) groups excluding carboxylic acids is 1. The Hall–Kier alpha value is -3.28. The zero-order valence-electron chi connectivity index (χ0n) is 17.0. The van der Waals surface area contributed by atoms with Crippen molar-refractivity contribution in [1.29, 1.82) is 5.26 Å². The summed E-state index contributed by atoms with van der Waals surface area (Å²) < 4.78 is 1.94. The molecule has 2 aromatic heterocycles. The molecular weight excluding hydrogens is 426 g/mol. The van der Waals surface area contributed by atoms with Crippen molar-refractivity contribution >= 4 is 28.9 Å². The first-order valence-electron chi connectivity index (χ1n) is 9.62. The molecule has 0 aliphatic heterocycles. The number of nitrogens with zero attached hydrogens (tertiary/aromatic N) is 5. The maximum atomic E-state index is 12.9. The third kappa shape index (κ3) is 4.43. The number of aryl methyl sites for hydroxylation is 2. The van der Waals surface area contributed by atoms with Crippen LogP contribution in [0.5, 0.6) is 0 Å². The SMILES string of the molecule is Cc1ccccc1-n1c(C)nnc1SCC(=O)[C@H](C#N)c1nc(-c2ccccc2)cs1. The van der Waals surface area contributed by atoms with Gasteiger partial charge in [0.2, 0.25) is 0 Å². The van der Waals surface area contributed by atoms with Gasteiger partial charge < -0.3 is 0 Å². The van der Waals surface area contributed by atoms with Crippen LogP contribution in [0, 0.1) is 25.2 Å². The van der Waals surface area contributed by atoms with E-state index in [4.69, 9.17) is 0 Å². The second-order valence-corrected chi connectivity index (χ2v) is 8.74. The normalized spacial score (nSPS) is 11.8. The summed E-state index contributed by atoms with van der Waals surface area (Å²) in [4.78, 5) is 17.4. The molecule has 4 aromatic rings. The average Bonchev–Trinajstić information content (AvgIpc) is 3.41. The minimum atomic E-state index is -0.897. The third-order valence-corrected chi connectivity index (χ3v) is 6.65. The quantitative estimate of drug-likeness (QED) is 0.373. The van der Waals surface area contributed by atoms with Gasteiger partial charge in [0.05, 0.1) is 23.2 Å². The average molecular weight is 446 g/mol. The van der Waals surface area contributed by atoms with Gasteiger partial charge in [0.1, 0.15) is 10.8 Å². The van der Waals surface area contributed by atoms with Crippen LogP contribution in [0.1, 0.15) is 22.3 Å². The zero-order valence-corrected chi connectivity index (χ0v) is 18.7. The molecular formula is C23H19N5OS2. The molecule has 0 amide bonds. The predicted octanol–water partition coefficient (Wildman–Crippen LogP) is 4.98. The van der Waals surface area contributed by atoms with Gasteiger partial charge in [-0.2, -0.15) is 5.26 Å². The van der Waals surface area contributed by atoms with E-state index in [2.05, 4.69) is 21.3 Å². The molecule has 1 atom stereocenters. The number of hydrogen-bond acceptors (Lipinski definition) is 7. The summed E-state index contributed by atoms with van der Waals surface area (Å²) in [5.74, 6) is -0.236. The maximum Gasteiger partial charge on any atom is 0.196 e. The fourth-order valence-electron chi connectivity index (χ4n) is 3.17. The molecule has 0 spiro atoms. The molecule has 0 unspecified atom stereocenters. The number of carbonyl (C=O) groups is 1. The number of rotatable bonds is 7. The molecule has 0 saturated carbocycles. The number of para-hydroxylation sites is 1. The molecule has 6 nitrogen and oxygen atoms in total. The molecule has 0 bridgehead atoms. The van der Waals surface area contributed by atoms with Gasteiger partial charge in [-0.25, -0.2) is 4.98 Å². The van der Waals surface area contributed by atoms with Crippen molar-refractivity contribution in [2.45, 2.75) is 24.9 Å². The number of ketones is 1. The largest absolute Gasteiger partial charge is 0.297 e. The highest BCUT2D eigenvalue weighted by Gasteiger charge is 2.25. The topological polar surface area (TPSA) is 84.5 Å². The summed E-state index contributed by atoms with van der Waals surface area (Å²) in [5.41, 5.74) is 3.80. The van der Waals surface area contributed by atoms with Crippen molar-refractivity contribution in [2.24, 2.45) is 0 Å². The first-order valence-corrected chi connectivity index (χ1v) is 11.5. The standard InChI is InChI=1S/C23H19N5OS2/c1-15-8-6-7-11-20(15)28-16(2)26-27-23(28)31-14-21(29)18(12-24)22-25-19(13-30-22)17-9-4-3-5-10-17/h3-11,13,18H,14H2,1-2H3/t18-/m0/s1. The van der Waals surface area contributed by atoms with Gasteiger partial charge in [-0.05, 0) is 25.5 Å². The van der Waals surface area contributed by atoms with Crippen molar-refractivity contribution in [2.75, 3.05) is 5.75 Å². The van der Waals surface area contributed by atoms with Crippen molar-refractivity contribution in [3.8, 4) is 23.0 Å². The number of aromatic nitrogens is 4. The van der Waals surface area contributed by atoms with Crippen LogP contribution in [0.2, 0.25) is 0 Å². The van der Waals surface area contributed by atoms with Crippen LogP contribution < -0.4 is 0 Å². The molecule has 0 saturated heterocycles. The molecule has 154 valence electrons. The van der Waals surface area contributed by atoms with Crippen molar-refractivity contribution in [1.82, 2.24) is 19.7 Å². The fourth-order valence-corrected chi connectivity index (χ4v) is 4.96. The first kappa shape index (κ1) is 21.0. The second kappa shape index (κ2) is 9.25. The smallest absolute Gasteiger partial charge is 0.196 e. The summed E-state index contributed by atoms with van der Waals surface area (Å²) >= 11 is 2.62. The van der Waals surface area contributed by atoms with Gasteiger partial charge in [0.25, 0.3) is 0 Å². The Balaban J connectivity index is 1.51. The van der Waals surface area contributed by atoms with Crippen LogP contribution in [0.15, 0.2) is 65.1 Å². The zero-order chi connectivity index (χ0) is 21.8. The molecule has 4 rings (SSSR count). The van der Waals surface area contributed by atoms with Crippen LogP contribution in [0.25, 0.3) is 16.9 Å². The Labute approximate surface area is 188 Å². The summed E-state index contributed by atoms with van der Waals surface area (Å²) in [5, 5.41) is 21.1. The maximum absolute atomic E-state index is 12.9. The van der Waals surface area contributed by atoms with Gasteiger partial charge in [-0.3, -0.25) is 9.36 Å². The summed E-state index contributed by atoms with van der Waals surface area (Å²) in [6.45, 7) is 3.90. The minimum Gasteiger partial charge on any atom is -0.297 e. The van der Waals surface area contributed by atoms with E-state index < -0.39 is 5.92 Å². The lowest BCUT2D eigenvalue weighted by Crippen LogP contribution is -2.14. The van der Waals surface area contributed by atoms with Gasteiger partial charge in [0, 0.05) is 10.9 Å². The summed E-state index contributed by atoms with van der Waals surface area (Å²) in [7, 11) is 0. The minimum absolute atomic E-state index is 0.114. The van der Waals surface area contributed by atoms with E-state index in [1.165, 1.54) is 23.1 Å². The number of nitriles is 1. The van der Waals surface area contributed by atoms with Gasteiger partial charge in [0.15, 0.2) is 16.9 Å². The van der Waals surface area contributed by atoms with Gasteiger partial charge in [-0.1, -0.05) is 60.3 Å². The van der Waals surface area contributed by atoms with Crippen LogP contribution in [0.4, 0.5) is 0 Å². The van der Waals surface area contributed by atoms with E-state index in [1.54, 1.807) is 0 Å². The van der Waals surface area contributed by atoms with E-state index >= 15 is 0 Å². The first-order chi connectivity index (χ1) is 15.1. The van der Waals surface area contributed by atoms with Crippen molar-refractivity contribution < 1.29 is 4.79 Å². The molecule has 0 fully saturated rings. The number of Topliss-reactive ketones (excluding diaryl/α,β-unsaturated/α-hetero) is 1. The van der Waals surface area contributed by atoms with Crippen molar-refractivity contribution in [3.05, 3.63) is 76.4 Å². The Morgan fingerprint density at radius 3 is 2.61 bits per heavy atom. The number of thiazole rings is 1. The Morgan fingerprint density at radius 2 is 1.87 bits per heavy atom. The lowest BCUT2D eigenvalue weighted by atomic mass is 10.1. The molecule has 0 aliphatic rings. The second-order valence-electron chi connectivity index (χ2n) is 6.91. The molecule has 0 aliphatic carbocycles. The van der Waals surface area contributed by atoms with Crippen LogP contribution >= 0.6 is 23.1 Å². The Morgan fingerprint density at radius 1 is 1.13 bits per heavy atom. The fraction of sp³-hybridized carbons (Fsp3) is 0.174. The number of benzene rings is 2. The van der Waals surface area contributed by atoms with Crippen molar-refractivity contribution in [3.63, 3.8) is 0 Å². The number of hydrogen-bond donors (Lipinski definition) is 0. The van der Waals surface area contributed by atoms with Gasteiger partial charge in [-0.15, -0.1) is 21.5 Å². The third-order valence-electron chi connectivity index (χ3n) is 4.78. The van der Waals surface area contributed by atoms with E-state index in [-0.39, 0.29) is 11.5 Å². The molecule has 2 aromatic carbocycles. The number of thioether (sulfide) groups is 1. The van der Waals surface area contributed by atoms with Crippen LogP contribution in [-0.2, 0) is 4.79 Å². The molecule has 0 N–H and O–H groups in total. The van der Waals surface area contributed by atoms with Gasteiger partial charge >= 0.3 is 0 Å². The van der Waals surface area contributed by atoms with E-state index in [9.17, 15) is 10.1 Å². The monoisotopic (exact) mass is 445 g/mol. The van der Waals surface area contributed by atoms with E-state index in [0.29, 0.717) is 10.2 Å². The Kier molecular flexibility index (Phi) is 6.26. The molecule has 2 heterocycles. The highest BCUT2D eigenvalue weighted by Crippen LogP contribution is 2.29. The predicted molar refractivity (Wildman–Crippen MR) is 122 cm³/mol. The molecule has 0 radical (unpaired) electrons. The Bertz CT molecular complexity index is 1260. The van der Waals surface area contributed by atoms with Crippen LogP contribution in [-0.4, -0.2) is 31.3 Å². The lowest BCUT2D eigenvalue weighted by Gasteiger charge is -2.11. The molecule has 8 heteroatoms. The summed E-state index contributed by atoms with van der Waals surface area (Å²) in [6, 6.07) is 19.8. The lowest BCUT2D eigenvalue weighted by molar-refractivity contribution is -0.116. The molecule has 31 heavy (non-hydrogen) atoms. The van der Waals surface area contributed by atoms with E-state index in [1.807, 2.05) is 78.4 Å².